The highest BCUT2D eigenvalue weighted by Gasteiger charge is 2.29. The molecule has 1 aliphatic heterocycles. The van der Waals surface area contributed by atoms with Crippen molar-refractivity contribution in [1.29, 1.82) is 0 Å². The van der Waals surface area contributed by atoms with Crippen LogP contribution in [-0.2, 0) is 32.6 Å². The molecule has 0 spiro atoms. The van der Waals surface area contributed by atoms with Crippen molar-refractivity contribution in [3.05, 3.63) is 64.7 Å². The van der Waals surface area contributed by atoms with Gasteiger partial charge in [-0.2, -0.15) is 0 Å². The Morgan fingerprint density at radius 1 is 1.06 bits per heavy atom. The lowest BCUT2D eigenvalue weighted by molar-refractivity contribution is -0.122. The van der Waals surface area contributed by atoms with E-state index >= 15 is 0 Å². The van der Waals surface area contributed by atoms with E-state index in [0.29, 0.717) is 12.2 Å². The van der Waals surface area contributed by atoms with Crippen LogP contribution in [0, 0.1) is 13.8 Å². The van der Waals surface area contributed by atoms with Crippen molar-refractivity contribution in [2.24, 2.45) is 0 Å². The predicted molar refractivity (Wildman–Crippen MR) is 127 cm³/mol. The first-order valence-corrected chi connectivity index (χ1v) is 12.7. The number of carbonyl (C=O) groups excluding carboxylic acids is 1. The summed E-state index contributed by atoms with van der Waals surface area (Å²) < 4.78 is 31.5. The van der Waals surface area contributed by atoms with Gasteiger partial charge in [-0.3, -0.25) is 14.0 Å². The Hall–Kier alpha value is -2.42. The van der Waals surface area contributed by atoms with Crippen molar-refractivity contribution in [2.45, 2.75) is 39.9 Å². The van der Waals surface area contributed by atoms with E-state index < -0.39 is 16.1 Å². The fraction of sp³-hybridized carbons (Fsp3) is 0.458. The van der Waals surface area contributed by atoms with Gasteiger partial charge in [0.15, 0.2) is 0 Å². The van der Waals surface area contributed by atoms with Crippen molar-refractivity contribution in [3.8, 4) is 0 Å². The molecule has 32 heavy (non-hydrogen) atoms. The third-order valence-corrected chi connectivity index (χ3v) is 7.07. The average molecular weight is 460 g/mol. The molecule has 1 aliphatic rings. The molecule has 0 aromatic heterocycles. The van der Waals surface area contributed by atoms with Gasteiger partial charge in [-0.05, 0) is 55.2 Å². The van der Waals surface area contributed by atoms with Gasteiger partial charge < -0.3 is 10.1 Å². The Morgan fingerprint density at radius 2 is 1.69 bits per heavy atom. The fourth-order valence-corrected chi connectivity index (χ4v) is 4.96. The number of amides is 1. The molecule has 0 radical (unpaired) electrons. The van der Waals surface area contributed by atoms with Crippen LogP contribution in [0.5, 0.6) is 0 Å². The lowest BCUT2D eigenvalue weighted by Gasteiger charge is -2.28. The second-order valence-corrected chi connectivity index (χ2v) is 10.3. The quantitative estimate of drug-likeness (QED) is 0.657. The molecule has 0 saturated carbocycles. The largest absolute Gasteiger partial charge is 0.379 e. The number of nitrogens with zero attached hydrogens (tertiary/aromatic N) is 2. The predicted octanol–water partition coefficient (Wildman–Crippen LogP) is 2.61. The van der Waals surface area contributed by atoms with E-state index in [2.05, 4.69) is 22.3 Å². The summed E-state index contributed by atoms with van der Waals surface area (Å²) in [5.41, 5.74) is 4.71. The smallest absolute Gasteiger partial charge is 0.243 e. The topological polar surface area (TPSA) is 79.0 Å². The first-order chi connectivity index (χ1) is 15.1. The first-order valence-electron chi connectivity index (χ1n) is 10.9. The van der Waals surface area contributed by atoms with E-state index in [1.54, 1.807) is 19.1 Å². The van der Waals surface area contributed by atoms with Crippen LogP contribution in [0.4, 0.5) is 5.69 Å². The number of aryl methyl sites for hydroxylation is 2. The van der Waals surface area contributed by atoms with Gasteiger partial charge in [-0.15, -0.1) is 0 Å². The highest BCUT2D eigenvalue weighted by molar-refractivity contribution is 7.92. The van der Waals surface area contributed by atoms with E-state index in [1.165, 1.54) is 9.87 Å². The van der Waals surface area contributed by atoms with Crippen molar-refractivity contribution in [3.63, 3.8) is 0 Å². The molecule has 1 saturated heterocycles. The van der Waals surface area contributed by atoms with Gasteiger partial charge >= 0.3 is 0 Å². The molecule has 174 valence electrons. The van der Waals surface area contributed by atoms with Gasteiger partial charge in [-0.1, -0.05) is 30.3 Å². The second kappa shape index (κ2) is 10.5. The summed E-state index contributed by atoms with van der Waals surface area (Å²) in [6.07, 6.45) is 1.12. The van der Waals surface area contributed by atoms with E-state index in [-0.39, 0.29) is 5.91 Å². The van der Waals surface area contributed by atoms with Crippen LogP contribution in [0.15, 0.2) is 42.5 Å². The van der Waals surface area contributed by atoms with Crippen molar-refractivity contribution in [1.82, 2.24) is 10.2 Å². The molecule has 2 aromatic carbocycles. The molecule has 1 fully saturated rings. The number of anilines is 1. The number of nitrogens with one attached hydrogen (secondary N) is 1. The monoisotopic (exact) mass is 459 g/mol. The lowest BCUT2D eigenvalue weighted by Crippen LogP contribution is -2.47. The molecule has 0 unspecified atom stereocenters. The van der Waals surface area contributed by atoms with E-state index in [9.17, 15) is 13.2 Å². The molecule has 0 aliphatic carbocycles. The standard InChI is InChI=1S/C24H33N3O4S/c1-18-5-10-23(15-19(18)2)27(32(4,29)30)20(3)24(28)25-16-21-6-8-22(9-7-21)17-26-11-13-31-14-12-26/h5-10,15,20H,11-14,16-17H2,1-4H3,(H,25,28)/t20-/m1/s1. The van der Waals surface area contributed by atoms with Crippen LogP contribution < -0.4 is 9.62 Å². The minimum absolute atomic E-state index is 0.339. The number of carbonyl (C=O) groups is 1. The molecule has 1 N–H and O–H groups in total. The Morgan fingerprint density at radius 3 is 2.28 bits per heavy atom. The van der Waals surface area contributed by atoms with Crippen LogP contribution in [-0.4, -0.2) is 57.8 Å². The SMILES string of the molecule is Cc1ccc(N([C@H](C)C(=O)NCc2ccc(CN3CCOCC3)cc2)S(C)(=O)=O)cc1C. The molecule has 1 heterocycles. The zero-order valence-electron chi connectivity index (χ0n) is 19.3. The number of sulfonamides is 1. The number of hydrogen-bond donors (Lipinski definition) is 1. The van der Waals surface area contributed by atoms with Crippen LogP contribution in [0.1, 0.15) is 29.2 Å². The molecule has 7 nitrogen and oxygen atoms in total. The Kier molecular flexibility index (Phi) is 7.92. The summed E-state index contributed by atoms with van der Waals surface area (Å²) in [6.45, 7) is 10.1. The third-order valence-electron chi connectivity index (χ3n) is 5.83. The molecule has 2 aromatic rings. The van der Waals surface area contributed by atoms with Gasteiger partial charge in [0.1, 0.15) is 6.04 Å². The number of morpholine rings is 1. The maximum Gasteiger partial charge on any atom is 0.243 e. The number of benzene rings is 2. The van der Waals surface area contributed by atoms with Crippen LogP contribution in [0.2, 0.25) is 0 Å². The summed E-state index contributed by atoms with van der Waals surface area (Å²) >= 11 is 0. The lowest BCUT2D eigenvalue weighted by atomic mass is 10.1. The summed E-state index contributed by atoms with van der Waals surface area (Å²) in [7, 11) is -3.64. The van der Waals surface area contributed by atoms with Crippen LogP contribution in [0.3, 0.4) is 0 Å². The van der Waals surface area contributed by atoms with Crippen LogP contribution >= 0.6 is 0 Å². The van der Waals surface area contributed by atoms with Gasteiger partial charge in [-0.25, -0.2) is 8.42 Å². The fourth-order valence-electron chi connectivity index (χ4n) is 3.79. The summed E-state index contributed by atoms with van der Waals surface area (Å²) in [4.78, 5) is 15.2. The molecule has 1 atom stereocenters. The molecule has 0 bridgehead atoms. The summed E-state index contributed by atoms with van der Waals surface area (Å²) in [5, 5.41) is 2.88. The maximum absolute atomic E-state index is 12.8. The number of rotatable bonds is 8. The minimum atomic E-state index is -3.64. The molecular formula is C24H33N3O4S. The third kappa shape index (κ3) is 6.31. The molecule has 1 amide bonds. The minimum Gasteiger partial charge on any atom is -0.379 e. The van der Waals surface area contributed by atoms with Gasteiger partial charge in [0.25, 0.3) is 0 Å². The first kappa shape index (κ1) is 24.2. The average Bonchev–Trinajstić information content (AvgIpc) is 2.75. The zero-order valence-corrected chi connectivity index (χ0v) is 20.1. The Balaban J connectivity index is 1.62. The molecule has 8 heteroatoms. The van der Waals surface area contributed by atoms with E-state index in [4.69, 9.17) is 4.74 Å². The van der Waals surface area contributed by atoms with Crippen LogP contribution in [0.25, 0.3) is 0 Å². The number of ether oxygens (including phenoxy) is 1. The van der Waals surface area contributed by atoms with Gasteiger partial charge in [0, 0.05) is 26.2 Å². The zero-order chi connectivity index (χ0) is 23.3. The highest BCUT2D eigenvalue weighted by atomic mass is 32.2. The van der Waals surface area contributed by atoms with Gasteiger partial charge in [0.2, 0.25) is 15.9 Å². The normalized spacial score (nSPS) is 15.9. The Bertz CT molecular complexity index is 1030. The number of hydrogen-bond acceptors (Lipinski definition) is 5. The van der Waals surface area contributed by atoms with Crippen molar-refractivity contribution < 1.29 is 17.9 Å². The second-order valence-electron chi connectivity index (χ2n) is 8.43. The molecule has 3 rings (SSSR count). The van der Waals surface area contributed by atoms with E-state index in [1.807, 2.05) is 32.0 Å². The Labute approximate surface area is 191 Å². The summed E-state index contributed by atoms with van der Waals surface area (Å²) in [6, 6.07) is 12.7. The molecular weight excluding hydrogens is 426 g/mol. The van der Waals surface area contributed by atoms with Crippen molar-refractivity contribution in [2.75, 3.05) is 36.9 Å². The van der Waals surface area contributed by atoms with Gasteiger partial charge in [0.05, 0.1) is 25.2 Å². The highest BCUT2D eigenvalue weighted by Crippen LogP contribution is 2.23. The summed E-state index contributed by atoms with van der Waals surface area (Å²) in [5.74, 6) is -0.342. The maximum atomic E-state index is 12.8. The van der Waals surface area contributed by atoms with Crippen molar-refractivity contribution >= 4 is 21.6 Å². The van der Waals surface area contributed by atoms with E-state index in [0.717, 1.165) is 55.8 Å².